The number of pyridine rings is 1. The fourth-order valence-corrected chi connectivity index (χ4v) is 1.86. The van der Waals surface area contributed by atoms with Crippen molar-refractivity contribution in [3.8, 4) is 5.75 Å². The van der Waals surface area contributed by atoms with Gasteiger partial charge in [-0.15, -0.1) is 0 Å². The first kappa shape index (κ1) is 13.1. The molecule has 19 heavy (non-hydrogen) atoms. The molecule has 4 heteroatoms. The summed E-state index contributed by atoms with van der Waals surface area (Å²) in [7, 11) is 0. The molecule has 2 aromatic rings. The summed E-state index contributed by atoms with van der Waals surface area (Å²) in [6.45, 7) is 4.22. The Morgan fingerprint density at radius 3 is 2.74 bits per heavy atom. The Labute approximate surface area is 112 Å². The van der Waals surface area contributed by atoms with Crippen molar-refractivity contribution in [3.63, 3.8) is 0 Å². The molecule has 0 atom stereocenters. The molecule has 1 heterocycles. The highest BCUT2D eigenvalue weighted by Gasteiger charge is 2.09. The fraction of sp³-hybridized carbons (Fsp3) is 0.200. The topological polar surface area (TPSA) is 62.2 Å². The number of phenols is 1. The van der Waals surface area contributed by atoms with Crippen molar-refractivity contribution in [2.24, 2.45) is 0 Å². The van der Waals surface area contributed by atoms with Gasteiger partial charge in [0.05, 0.1) is 0 Å². The maximum Gasteiger partial charge on any atom is 0.251 e. The number of aromatic hydroxyl groups is 1. The zero-order valence-electron chi connectivity index (χ0n) is 11.0. The maximum absolute atomic E-state index is 12.0. The third kappa shape index (κ3) is 3.10. The van der Waals surface area contributed by atoms with Crippen LogP contribution in [0.2, 0.25) is 0 Å². The molecule has 1 aromatic heterocycles. The summed E-state index contributed by atoms with van der Waals surface area (Å²) in [5.74, 6) is 0.0120. The maximum atomic E-state index is 12.0. The molecule has 2 N–H and O–H groups in total. The lowest BCUT2D eigenvalue weighted by atomic mass is 10.1. The van der Waals surface area contributed by atoms with E-state index in [1.165, 1.54) is 6.07 Å². The lowest BCUT2D eigenvalue weighted by Gasteiger charge is -2.09. The molecule has 1 amide bonds. The molecule has 2 rings (SSSR count). The minimum atomic E-state index is -0.152. The first-order chi connectivity index (χ1) is 9.08. The summed E-state index contributed by atoms with van der Waals surface area (Å²) in [6.07, 6.45) is 3.48. The van der Waals surface area contributed by atoms with Crippen LogP contribution in [0.3, 0.4) is 0 Å². The molecule has 98 valence electrons. The third-order valence-electron chi connectivity index (χ3n) is 3.04. The SMILES string of the molecule is Cc1ccncc1CNC(=O)c1ccc(O)cc1C. The van der Waals surface area contributed by atoms with Crippen LogP contribution in [0.5, 0.6) is 5.75 Å². The monoisotopic (exact) mass is 256 g/mol. The number of hydrogen-bond donors (Lipinski definition) is 2. The number of carbonyl (C=O) groups is 1. The molecule has 0 spiro atoms. The molecule has 0 aliphatic carbocycles. The molecule has 1 aromatic carbocycles. The van der Waals surface area contributed by atoms with Gasteiger partial charge in [0, 0.05) is 24.5 Å². The fourth-order valence-electron chi connectivity index (χ4n) is 1.86. The molecule has 0 bridgehead atoms. The van der Waals surface area contributed by atoms with Crippen molar-refractivity contribution >= 4 is 5.91 Å². The van der Waals surface area contributed by atoms with Gasteiger partial charge in [0.2, 0.25) is 0 Å². The van der Waals surface area contributed by atoms with Crippen molar-refractivity contribution in [1.29, 1.82) is 0 Å². The Hall–Kier alpha value is -2.36. The average Bonchev–Trinajstić information content (AvgIpc) is 2.37. The third-order valence-corrected chi connectivity index (χ3v) is 3.04. The molecular formula is C15H16N2O2. The second-order valence-electron chi connectivity index (χ2n) is 4.48. The molecular weight excluding hydrogens is 240 g/mol. The molecule has 0 saturated carbocycles. The van der Waals surface area contributed by atoms with Crippen LogP contribution < -0.4 is 5.32 Å². The Kier molecular flexibility index (Phi) is 3.80. The number of benzene rings is 1. The lowest BCUT2D eigenvalue weighted by molar-refractivity contribution is 0.0950. The Bertz CT molecular complexity index is 609. The van der Waals surface area contributed by atoms with Crippen LogP contribution in [0, 0.1) is 13.8 Å². The first-order valence-corrected chi connectivity index (χ1v) is 6.05. The molecule has 0 radical (unpaired) electrons. The van der Waals surface area contributed by atoms with Gasteiger partial charge < -0.3 is 10.4 Å². The molecule has 0 aliphatic rings. The standard InChI is InChI=1S/C15H16N2O2/c1-10-5-6-16-8-12(10)9-17-15(19)14-4-3-13(18)7-11(14)2/h3-8,18H,9H2,1-2H3,(H,17,19). The normalized spacial score (nSPS) is 10.2. The van der Waals surface area contributed by atoms with Crippen molar-refractivity contribution in [2.45, 2.75) is 20.4 Å². The average molecular weight is 256 g/mol. The number of aryl methyl sites for hydroxylation is 2. The van der Waals surface area contributed by atoms with Gasteiger partial charge >= 0.3 is 0 Å². The van der Waals surface area contributed by atoms with E-state index in [0.29, 0.717) is 12.1 Å². The second kappa shape index (κ2) is 5.52. The van der Waals surface area contributed by atoms with Gasteiger partial charge in [0.25, 0.3) is 5.91 Å². The quantitative estimate of drug-likeness (QED) is 0.886. The van der Waals surface area contributed by atoms with Gasteiger partial charge in [-0.2, -0.15) is 0 Å². The Morgan fingerprint density at radius 1 is 1.26 bits per heavy atom. The Morgan fingerprint density at radius 2 is 2.05 bits per heavy atom. The lowest BCUT2D eigenvalue weighted by Crippen LogP contribution is -2.24. The van der Waals surface area contributed by atoms with E-state index in [1.807, 2.05) is 13.0 Å². The number of amides is 1. The van der Waals surface area contributed by atoms with Gasteiger partial charge in [-0.3, -0.25) is 9.78 Å². The highest BCUT2D eigenvalue weighted by atomic mass is 16.3. The van der Waals surface area contributed by atoms with Crippen LogP contribution in [0.25, 0.3) is 0 Å². The van der Waals surface area contributed by atoms with E-state index < -0.39 is 0 Å². The van der Waals surface area contributed by atoms with Crippen molar-refractivity contribution in [1.82, 2.24) is 10.3 Å². The minimum Gasteiger partial charge on any atom is -0.508 e. The van der Waals surface area contributed by atoms with E-state index in [9.17, 15) is 9.90 Å². The van der Waals surface area contributed by atoms with E-state index in [-0.39, 0.29) is 11.7 Å². The first-order valence-electron chi connectivity index (χ1n) is 6.05. The van der Waals surface area contributed by atoms with Crippen LogP contribution in [0.15, 0.2) is 36.7 Å². The molecule has 0 saturated heterocycles. The predicted molar refractivity (Wildman–Crippen MR) is 73.0 cm³/mol. The summed E-state index contributed by atoms with van der Waals surface area (Å²) in [4.78, 5) is 16.1. The van der Waals surface area contributed by atoms with E-state index in [0.717, 1.165) is 16.7 Å². The van der Waals surface area contributed by atoms with Crippen molar-refractivity contribution in [2.75, 3.05) is 0 Å². The van der Waals surface area contributed by atoms with E-state index in [4.69, 9.17) is 0 Å². The Balaban J connectivity index is 2.08. The number of nitrogens with zero attached hydrogens (tertiary/aromatic N) is 1. The predicted octanol–water partition coefficient (Wildman–Crippen LogP) is 2.33. The summed E-state index contributed by atoms with van der Waals surface area (Å²) in [6, 6.07) is 6.62. The van der Waals surface area contributed by atoms with Crippen LogP contribution in [-0.4, -0.2) is 16.0 Å². The van der Waals surface area contributed by atoms with Crippen LogP contribution in [0.4, 0.5) is 0 Å². The molecule has 4 nitrogen and oxygen atoms in total. The largest absolute Gasteiger partial charge is 0.508 e. The molecule has 0 fully saturated rings. The number of phenolic OH excluding ortho intramolecular Hbond substituents is 1. The van der Waals surface area contributed by atoms with Gasteiger partial charge in [0.1, 0.15) is 5.75 Å². The minimum absolute atomic E-state index is 0.152. The zero-order chi connectivity index (χ0) is 13.8. The number of hydrogen-bond acceptors (Lipinski definition) is 3. The van der Waals surface area contributed by atoms with E-state index >= 15 is 0 Å². The van der Waals surface area contributed by atoms with E-state index in [1.54, 1.807) is 31.5 Å². The second-order valence-corrected chi connectivity index (χ2v) is 4.48. The summed E-state index contributed by atoms with van der Waals surface area (Å²) >= 11 is 0. The highest BCUT2D eigenvalue weighted by molar-refractivity contribution is 5.95. The van der Waals surface area contributed by atoms with Crippen LogP contribution >= 0.6 is 0 Å². The summed E-state index contributed by atoms with van der Waals surface area (Å²) in [5.41, 5.74) is 3.41. The smallest absolute Gasteiger partial charge is 0.251 e. The van der Waals surface area contributed by atoms with Crippen LogP contribution in [0.1, 0.15) is 27.0 Å². The van der Waals surface area contributed by atoms with Gasteiger partial charge in [0.15, 0.2) is 0 Å². The van der Waals surface area contributed by atoms with Gasteiger partial charge in [-0.25, -0.2) is 0 Å². The zero-order valence-corrected chi connectivity index (χ0v) is 11.0. The van der Waals surface area contributed by atoms with Crippen LogP contribution in [-0.2, 0) is 6.54 Å². The molecule has 0 aliphatic heterocycles. The summed E-state index contributed by atoms with van der Waals surface area (Å²) < 4.78 is 0. The number of carbonyl (C=O) groups excluding carboxylic acids is 1. The number of nitrogens with one attached hydrogen (secondary N) is 1. The van der Waals surface area contributed by atoms with Crippen molar-refractivity contribution < 1.29 is 9.90 Å². The van der Waals surface area contributed by atoms with Gasteiger partial charge in [-0.05, 0) is 54.8 Å². The van der Waals surface area contributed by atoms with E-state index in [2.05, 4.69) is 10.3 Å². The van der Waals surface area contributed by atoms with Crippen molar-refractivity contribution in [3.05, 3.63) is 58.9 Å². The highest BCUT2D eigenvalue weighted by Crippen LogP contribution is 2.15. The summed E-state index contributed by atoms with van der Waals surface area (Å²) in [5, 5.41) is 12.2. The van der Waals surface area contributed by atoms with Gasteiger partial charge in [-0.1, -0.05) is 0 Å². The number of aromatic nitrogens is 1. The number of rotatable bonds is 3. The molecule has 0 unspecified atom stereocenters.